The smallest absolute Gasteiger partial charge is 0.312 e. The molecule has 0 bridgehead atoms. The monoisotopic (exact) mass is 318 g/mol. The van der Waals surface area contributed by atoms with Gasteiger partial charge in [-0.2, -0.15) is 0 Å². The molecule has 5 nitrogen and oxygen atoms in total. The van der Waals surface area contributed by atoms with E-state index in [0.29, 0.717) is 6.54 Å². The number of nitro groups is 1. The molecule has 2 aromatic carbocycles. The topological polar surface area (TPSA) is 75.7 Å². The molecule has 1 N–H and O–H groups in total. The zero-order chi connectivity index (χ0) is 16.1. The fourth-order valence-corrected chi connectivity index (χ4v) is 2.30. The summed E-state index contributed by atoms with van der Waals surface area (Å²) in [6.45, 7) is 2.55. The molecule has 0 aromatic heterocycles. The van der Waals surface area contributed by atoms with Crippen LogP contribution in [0.15, 0.2) is 41.4 Å². The van der Waals surface area contributed by atoms with Gasteiger partial charge in [-0.1, -0.05) is 35.9 Å². The first-order valence-electron chi connectivity index (χ1n) is 6.70. The largest absolute Gasteiger partial charge is 0.502 e. The van der Waals surface area contributed by atoms with Crippen molar-refractivity contribution in [3.05, 3.63) is 68.2 Å². The lowest BCUT2D eigenvalue weighted by atomic mass is 10.1. The van der Waals surface area contributed by atoms with E-state index in [-0.39, 0.29) is 10.6 Å². The lowest BCUT2D eigenvalue weighted by Gasteiger charge is -2.03. The summed E-state index contributed by atoms with van der Waals surface area (Å²) in [4.78, 5) is 14.4. The number of phenols is 1. The Morgan fingerprint density at radius 1 is 1.36 bits per heavy atom. The summed E-state index contributed by atoms with van der Waals surface area (Å²) < 4.78 is 0. The van der Waals surface area contributed by atoms with Crippen LogP contribution in [0.25, 0.3) is 0 Å². The molecule has 0 unspecified atom stereocenters. The zero-order valence-electron chi connectivity index (χ0n) is 12.0. The third kappa shape index (κ3) is 3.83. The van der Waals surface area contributed by atoms with Crippen LogP contribution < -0.4 is 0 Å². The Labute approximate surface area is 133 Å². The zero-order valence-corrected chi connectivity index (χ0v) is 12.7. The summed E-state index contributed by atoms with van der Waals surface area (Å²) in [5.41, 5.74) is 2.21. The average Bonchev–Trinajstić information content (AvgIpc) is 2.48. The molecule has 0 saturated heterocycles. The van der Waals surface area contributed by atoms with Crippen molar-refractivity contribution in [3.8, 4) is 5.75 Å². The molecule has 114 valence electrons. The van der Waals surface area contributed by atoms with Crippen LogP contribution in [0.1, 0.15) is 16.7 Å². The first-order valence-corrected chi connectivity index (χ1v) is 7.08. The Hall–Kier alpha value is -2.40. The van der Waals surface area contributed by atoms with Gasteiger partial charge in [-0.25, -0.2) is 0 Å². The van der Waals surface area contributed by atoms with E-state index < -0.39 is 16.4 Å². The number of phenolic OH excluding ortho intramolecular Hbond substituents is 1. The Balaban J connectivity index is 2.11. The first kappa shape index (κ1) is 16.0. The molecule has 0 radical (unpaired) electrons. The van der Waals surface area contributed by atoms with Crippen molar-refractivity contribution in [3.63, 3.8) is 0 Å². The summed E-state index contributed by atoms with van der Waals surface area (Å²) >= 11 is 5.82. The lowest BCUT2D eigenvalue weighted by molar-refractivity contribution is -0.385. The number of hydrogen-bond donors (Lipinski definition) is 1. The lowest BCUT2D eigenvalue weighted by Crippen LogP contribution is -1.95. The highest BCUT2D eigenvalue weighted by molar-refractivity contribution is 6.31. The SMILES string of the molecule is Cc1ccccc1CCN=Cc1cc(Cl)cc([N+](=O)[O-])c1O. The highest BCUT2D eigenvalue weighted by Gasteiger charge is 2.17. The normalized spacial score (nSPS) is 11.0. The number of nitrogens with zero attached hydrogens (tertiary/aromatic N) is 2. The van der Waals surface area contributed by atoms with E-state index in [1.807, 2.05) is 31.2 Å². The van der Waals surface area contributed by atoms with Crippen molar-refractivity contribution in [2.24, 2.45) is 4.99 Å². The maximum absolute atomic E-state index is 10.8. The van der Waals surface area contributed by atoms with Crippen LogP contribution >= 0.6 is 11.6 Å². The Morgan fingerprint density at radius 3 is 2.77 bits per heavy atom. The van der Waals surface area contributed by atoms with Crippen LogP contribution in [0.4, 0.5) is 5.69 Å². The maximum Gasteiger partial charge on any atom is 0.312 e. The van der Waals surface area contributed by atoms with E-state index in [9.17, 15) is 15.2 Å². The molecule has 0 heterocycles. The first-order chi connectivity index (χ1) is 10.5. The molecule has 6 heteroatoms. The van der Waals surface area contributed by atoms with Gasteiger partial charge in [-0.3, -0.25) is 15.1 Å². The van der Waals surface area contributed by atoms with E-state index in [4.69, 9.17) is 11.6 Å². The third-order valence-electron chi connectivity index (χ3n) is 3.28. The quantitative estimate of drug-likeness (QED) is 0.515. The second kappa shape index (κ2) is 7.04. The van der Waals surface area contributed by atoms with Crippen LogP contribution in [0, 0.1) is 17.0 Å². The minimum Gasteiger partial charge on any atom is -0.502 e. The van der Waals surface area contributed by atoms with E-state index in [2.05, 4.69) is 4.99 Å². The van der Waals surface area contributed by atoms with Gasteiger partial charge in [0.15, 0.2) is 0 Å². The van der Waals surface area contributed by atoms with Crippen molar-refractivity contribution < 1.29 is 10.0 Å². The van der Waals surface area contributed by atoms with Crippen LogP contribution in [0.5, 0.6) is 5.75 Å². The number of hydrogen-bond acceptors (Lipinski definition) is 4. The Morgan fingerprint density at radius 2 is 2.09 bits per heavy atom. The molecule has 0 aliphatic rings. The summed E-state index contributed by atoms with van der Waals surface area (Å²) in [6.07, 6.45) is 2.17. The number of aliphatic imine (C=N–C) groups is 1. The third-order valence-corrected chi connectivity index (χ3v) is 3.50. The minimum atomic E-state index is -0.675. The highest BCUT2D eigenvalue weighted by Crippen LogP contribution is 2.32. The number of rotatable bonds is 5. The molecule has 0 amide bonds. The summed E-state index contributed by atoms with van der Waals surface area (Å²) in [7, 11) is 0. The number of halogens is 1. The standard InChI is InChI=1S/C16H15ClN2O3/c1-11-4-2-3-5-12(11)6-7-18-10-13-8-14(17)9-15(16(13)20)19(21)22/h2-5,8-10,20H,6-7H2,1H3. The number of aromatic hydroxyl groups is 1. The Kier molecular flexibility index (Phi) is 5.12. The number of benzene rings is 2. The van der Waals surface area contributed by atoms with Crippen LogP contribution in [0.3, 0.4) is 0 Å². The van der Waals surface area contributed by atoms with Gasteiger partial charge in [0.25, 0.3) is 0 Å². The highest BCUT2D eigenvalue weighted by atomic mass is 35.5. The van der Waals surface area contributed by atoms with Gasteiger partial charge in [0.1, 0.15) is 0 Å². The predicted molar refractivity (Wildman–Crippen MR) is 87.1 cm³/mol. The fourth-order valence-electron chi connectivity index (χ4n) is 2.08. The second-order valence-corrected chi connectivity index (χ2v) is 5.27. The molecule has 0 spiro atoms. The molecule has 0 atom stereocenters. The fraction of sp³-hybridized carbons (Fsp3) is 0.188. The molecule has 0 aliphatic heterocycles. The molecule has 0 fully saturated rings. The van der Waals surface area contributed by atoms with Gasteiger partial charge >= 0.3 is 5.69 Å². The number of aryl methyl sites for hydroxylation is 1. The summed E-state index contributed by atoms with van der Waals surface area (Å²) in [6, 6.07) is 10.6. The van der Waals surface area contributed by atoms with Gasteiger partial charge in [-0.05, 0) is 30.5 Å². The van der Waals surface area contributed by atoms with E-state index in [0.717, 1.165) is 12.5 Å². The van der Waals surface area contributed by atoms with Crippen molar-refractivity contribution >= 4 is 23.5 Å². The summed E-state index contributed by atoms with van der Waals surface area (Å²) in [5, 5.41) is 20.9. The van der Waals surface area contributed by atoms with Crippen molar-refractivity contribution in [2.45, 2.75) is 13.3 Å². The predicted octanol–water partition coefficient (Wildman–Crippen LogP) is 3.92. The van der Waals surface area contributed by atoms with E-state index in [1.54, 1.807) is 0 Å². The van der Waals surface area contributed by atoms with E-state index in [1.165, 1.54) is 23.4 Å². The molecule has 22 heavy (non-hydrogen) atoms. The van der Waals surface area contributed by atoms with Crippen molar-refractivity contribution in [1.29, 1.82) is 0 Å². The van der Waals surface area contributed by atoms with Crippen LogP contribution in [-0.2, 0) is 6.42 Å². The van der Waals surface area contributed by atoms with Gasteiger partial charge in [0, 0.05) is 29.4 Å². The number of nitro benzene ring substituents is 1. The van der Waals surface area contributed by atoms with Gasteiger partial charge in [-0.15, -0.1) is 0 Å². The molecule has 2 rings (SSSR count). The molecule has 2 aromatic rings. The summed E-state index contributed by atoms with van der Waals surface area (Å²) in [5.74, 6) is -0.422. The molecule has 0 saturated carbocycles. The van der Waals surface area contributed by atoms with Crippen molar-refractivity contribution in [1.82, 2.24) is 0 Å². The second-order valence-electron chi connectivity index (χ2n) is 4.83. The maximum atomic E-state index is 10.8. The van der Waals surface area contributed by atoms with Gasteiger partial charge in [0.05, 0.1) is 4.92 Å². The van der Waals surface area contributed by atoms with Gasteiger partial charge in [0.2, 0.25) is 5.75 Å². The Bertz CT molecular complexity index is 729. The van der Waals surface area contributed by atoms with Crippen LogP contribution in [-0.4, -0.2) is 22.8 Å². The molecule has 0 aliphatic carbocycles. The van der Waals surface area contributed by atoms with Crippen LogP contribution in [0.2, 0.25) is 5.02 Å². The van der Waals surface area contributed by atoms with Gasteiger partial charge < -0.3 is 5.11 Å². The molecular weight excluding hydrogens is 304 g/mol. The molecular formula is C16H15ClN2O3. The van der Waals surface area contributed by atoms with Crippen molar-refractivity contribution in [2.75, 3.05) is 6.54 Å². The average molecular weight is 319 g/mol. The minimum absolute atomic E-state index is 0.185. The van der Waals surface area contributed by atoms with E-state index >= 15 is 0 Å².